The minimum absolute atomic E-state index is 1.02. The first-order chi connectivity index (χ1) is 7.25. The Morgan fingerprint density at radius 1 is 1.13 bits per heavy atom. The fourth-order valence-electron chi connectivity index (χ4n) is 1.96. The van der Waals surface area contributed by atoms with Crippen LogP contribution in [-0.4, -0.2) is 14.8 Å². The lowest BCUT2D eigenvalue weighted by Gasteiger charge is -1.99. The fourth-order valence-corrected chi connectivity index (χ4v) is 1.96. The molecule has 2 aromatic heterocycles. The van der Waals surface area contributed by atoms with E-state index >= 15 is 0 Å². The van der Waals surface area contributed by atoms with Crippen molar-refractivity contribution in [2.45, 2.75) is 6.92 Å². The molecule has 0 fully saturated rings. The van der Waals surface area contributed by atoms with Gasteiger partial charge in [0.2, 0.25) is 0 Å². The van der Waals surface area contributed by atoms with Gasteiger partial charge in [-0.3, -0.25) is 9.67 Å². The number of rotatable bonds is 0. The molecule has 1 aromatic carbocycles. The van der Waals surface area contributed by atoms with Crippen LogP contribution in [-0.2, 0) is 7.05 Å². The zero-order chi connectivity index (χ0) is 10.4. The van der Waals surface area contributed by atoms with Gasteiger partial charge < -0.3 is 0 Å². The zero-order valence-electron chi connectivity index (χ0n) is 8.73. The van der Waals surface area contributed by atoms with Gasteiger partial charge in [0, 0.05) is 29.7 Å². The van der Waals surface area contributed by atoms with Gasteiger partial charge in [-0.25, -0.2) is 0 Å². The largest absolute Gasteiger partial charge is 0.275 e. The normalized spacial score (nSPS) is 11.3. The van der Waals surface area contributed by atoms with E-state index in [2.05, 4.69) is 16.1 Å². The molecule has 0 saturated heterocycles. The zero-order valence-corrected chi connectivity index (χ0v) is 8.73. The van der Waals surface area contributed by atoms with Gasteiger partial charge in [-0.15, -0.1) is 0 Å². The summed E-state index contributed by atoms with van der Waals surface area (Å²) < 4.78 is 1.84. The quantitative estimate of drug-likeness (QED) is 0.554. The molecule has 0 amide bonds. The molecule has 0 radical (unpaired) electrons. The summed E-state index contributed by atoms with van der Waals surface area (Å²) in [4.78, 5) is 4.56. The predicted molar refractivity (Wildman–Crippen MR) is 60.8 cm³/mol. The van der Waals surface area contributed by atoms with Gasteiger partial charge in [-0.2, -0.15) is 5.10 Å². The van der Waals surface area contributed by atoms with Crippen LogP contribution >= 0.6 is 0 Å². The van der Waals surface area contributed by atoms with Crippen LogP contribution in [0.15, 0.2) is 30.5 Å². The van der Waals surface area contributed by atoms with Crippen LogP contribution < -0.4 is 0 Å². The maximum Gasteiger partial charge on any atom is 0.103 e. The molecule has 3 rings (SSSR count). The first-order valence-electron chi connectivity index (χ1n) is 4.94. The second-order valence-electron chi connectivity index (χ2n) is 3.78. The molecular weight excluding hydrogens is 186 g/mol. The van der Waals surface area contributed by atoms with Crippen molar-refractivity contribution in [1.29, 1.82) is 0 Å². The standard InChI is InChI=1S/C12H11N3/c1-8-10-7-15(2)14-12(10)9-5-3-4-6-11(9)13-8/h3-7H,1-2H3. The van der Waals surface area contributed by atoms with Crippen molar-refractivity contribution in [2.75, 3.05) is 0 Å². The van der Waals surface area contributed by atoms with Crippen molar-refractivity contribution >= 4 is 21.8 Å². The average molecular weight is 197 g/mol. The van der Waals surface area contributed by atoms with Gasteiger partial charge in [-0.1, -0.05) is 18.2 Å². The summed E-state index contributed by atoms with van der Waals surface area (Å²) in [6.45, 7) is 2.02. The van der Waals surface area contributed by atoms with E-state index in [0.717, 1.165) is 27.5 Å². The van der Waals surface area contributed by atoms with Gasteiger partial charge >= 0.3 is 0 Å². The van der Waals surface area contributed by atoms with E-state index in [0.29, 0.717) is 0 Å². The number of hydrogen-bond acceptors (Lipinski definition) is 2. The molecule has 15 heavy (non-hydrogen) atoms. The van der Waals surface area contributed by atoms with Crippen molar-refractivity contribution in [3.05, 3.63) is 36.2 Å². The van der Waals surface area contributed by atoms with Crippen molar-refractivity contribution in [3.63, 3.8) is 0 Å². The van der Waals surface area contributed by atoms with Gasteiger partial charge in [0.15, 0.2) is 0 Å². The lowest BCUT2D eigenvalue weighted by atomic mass is 10.1. The molecule has 0 saturated carbocycles. The number of aryl methyl sites for hydroxylation is 2. The first kappa shape index (κ1) is 8.41. The number of hydrogen-bond donors (Lipinski definition) is 0. The topological polar surface area (TPSA) is 30.7 Å². The van der Waals surface area contributed by atoms with E-state index in [-0.39, 0.29) is 0 Å². The van der Waals surface area contributed by atoms with Crippen molar-refractivity contribution in [2.24, 2.45) is 7.05 Å². The van der Waals surface area contributed by atoms with Crippen molar-refractivity contribution in [3.8, 4) is 0 Å². The average Bonchev–Trinajstić information content (AvgIpc) is 2.61. The van der Waals surface area contributed by atoms with E-state index in [1.807, 2.05) is 43.0 Å². The van der Waals surface area contributed by atoms with E-state index in [4.69, 9.17) is 0 Å². The Morgan fingerprint density at radius 2 is 1.93 bits per heavy atom. The summed E-state index contributed by atoms with van der Waals surface area (Å²) in [7, 11) is 1.94. The Labute approximate surface area is 87.4 Å². The molecule has 0 aliphatic rings. The number of pyridine rings is 1. The number of para-hydroxylation sites is 1. The molecule has 3 aromatic rings. The van der Waals surface area contributed by atoms with Crippen LogP contribution in [0.2, 0.25) is 0 Å². The van der Waals surface area contributed by atoms with E-state index in [1.54, 1.807) is 0 Å². The Bertz CT molecular complexity index is 652. The van der Waals surface area contributed by atoms with Crippen LogP contribution in [0.5, 0.6) is 0 Å². The Morgan fingerprint density at radius 3 is 2.80 bits per heavy atom. The van der Waals surface area contributed by atoms with Crippen LogP contribution in [0.4, 0.5) is 0 Å². The summed E-state index contributed by atoms with van der Waals surface area (Å²) in [6.07, 6.45) is 2.02. The molecule has 0 atom stereocenters. The summed E-state index contributed by atoms with van der Waals surface area (Å²) in [6, 6.07) is 8.12. The summed E-state index contributed by atoms with van der Waals surface area (Å²) in [5, 5.41) is 6.74. The maximum absolute atomic E-state index is 4.56. The lowest BCUT2D eigenvalue weighted by molar-refractivity contribution is 0.780. The van der Waals surface area contributed by atoms with E-state index in [1.165, 1.54) is 0 Å². The molecule has 3 nitrogen and oxygen atoms in total. The number of aromatic nitrogens is 3. The number of benzene rings is 1. The molecule has 0 aliphatic carbocycles. The third-order valence-electron chi connectivity index (χ3n) is 2.67. The number of fused-ring (bicyclic) bond motifs is 3. The molecule has 3 heteroatoms. The minimum atomic E-state index is 1.02. The summed E-state index contributed by atoms with van der Waals surface area (Å²) >= 11 is 0. The first-order valence-corrected chi connectivity index (χ1v) is 4.94. The van der Waals surface area contributed by atoms with Crippen LogP contribution in [0.1, 0.15) is 5.69 Å². The fraction of sp³-hybridized carbons (Fsp3) is 0.167. The highest BCUT2D eigenvalue weighted by Crippen LogP contribution is 2.24. The molecule has 0 spiro atoms. The van der Waals surface area contributed by atoms with Crippen molar-refractivity contribution < 1.29 is 0 Å². The molecule has 2 heterocycles. The highest BCUT2D eigenvalue weighted by molar-refractivity contribution is 6.03. The van der Waals surface area contributed by atoms with Gasteiger partial charge in [0.25, 0.3) is 0 Å². The van der Waals surface area contributed by atoms with Gasteiger partial charge in [0.05, 0.1) is 5.52 Å². The molecule has 0 bridgehead atoms. The molecule has 74 valence electrons. The predicted octanol–water partition coefficient (Wildman–Crippen LogP) is 2.43. The molecule has 0 unspecified atom stereocenters. The lowest BCUT2D eigenvalue weighted by Crippen LogP contribution is -1.86. The number of nitrogens with zero attached hydrogens (tertiary/aromatic N) is 3. The summed E-state index contributed by atoms with van der Waals surface area (Å²) in [5.74, 6) is 0. The molecule has 0 N–H and O–H groups in total. The molecule has 0 aliphatic heterocycles. The Hall–Kier alpha value is -1.90. The molecular formula is C12H11N3. The van der Waals surface area contributed by atoms with Crippen LogP contribution in [0.25, 0.3) is 21.8 Å². The smallest absolute Gasteiger partial charge is 0.103 e. The maximum atomic E-state index is 4.56. The van der Waals surface area contributed by atoms with Crippen LogP contribution in [0.3, 0.4) is 0 Å². The third kappa shape index (κ3) is 1.13. The highest BCUT2D eigenvalue weighted by atomic mass is 15.2. The van der Waals surface area contributed by atoms with E-state index < -0.39 is 0 Å². The monoisotopic (exact) mass is 197 g/mol. The minimum Gasteiger partial charge on any atom is -0.275 e. The van der Waals surface area contributed by atoms with Gasteiger partial charge in [-0.05, 0) is 13.0 Å². The highest BCUT2D eigenvalue weighted by Gasteiger charge is 2.07. The second kappa shape index (κ2) is 2.79. The second-order valence-corrected chi connectivity index (χ2v) is 3.78. The summed E-state index contributed by atoms with van der Waals surface area (Å²) in [5.41, 5.74) is 3.10. The van der Waals surface area contributed by atoms with Crippen molar-refractivity contribution in [1.82, 2.24) is 14.8 Å². The third-order valence-corrected chi connectivity index (χ3v) is 2.67. The SMILES string of the molecule is Cc1nc2ccccc2c2nn(C)cc12. The van der Waals surface area contributed by atoms with E-state index in [9.17, 15) is 0 Å². The van der Waals surface area contributed by atoms with Crippen LogP contribution in [0, 0.1) is 6.92 Å². The van der Waals surface area contributed by atoms with Gasteiger partial charge in [0.1, 0.15) is 5.52 Å². The Balaban J connectivity index is 2.63. The Kier molecular flexibility index (Phi) is 1.57.